The molecule has 0 bridgehead atoms. The largest absolute Gasteiger partial charge is 0.384 e. The molecule has 8 heteroatoms. The van der Waals surface area contributed by atoms with Crippen molar-refractivity contribution in [3.05, 3.63) is 71.7 Å². The molecule has 1 fully saturated rings. The third-order valence-electron chi connectivity index (χ3n) is 5.09. The number of anilines is 2. The molecule has 4 rings (SSSR count). The lowest BCUT2D eigenvalue weighted by atomic mass is 10.1. The van der Waals surface area contributed by atoms with Crippen molar-refractivity contribution in [1.29, 1.82) is 0 Å². The summed E-state index contributed by atoms with van der Waals surface area (Å²) in [6.45, 7) is 5.71. The second kappa shape index (κ2) is 10.4. The Morgan fingerprint density at radius 3 is 2.84 bits per heavy atom. The minimum Gasteiger partial charge on any atom is -0.384 e. The molecule has 4 heterocycles. The van der Waals surface area contributed by atoms with Crippen molar-refractivity contribution in [3.63, 3.8) is 0 Å². The van der Waals surface area contributed by atoms with Crippen LogP contribution in [0, 0.1) is 6.92 Å². The minimum absolute atomic E-state index is 0.0835. The Labute approximate surface area is 182 Å². The van der Waals surface area contributed by atoms with Crippen LogP contribution in [-0.4, -0.2) is 58.2 Å². The van der Waals surface area contributed by atoms with Crippen LogP contribution in [-0.2, 0) is 22.4 Å². The van der Waals surface area contributed by atoms with Gasteiger partial charge in [-0.2, -0.15) is 0 Å². The number of aromatic nitrogens is 4. The van der Waals surface area contributed by atoms with Crippen molar-refractivity contribution in [2.24, 2.45) is 0 Å². The van der Waals surface area contributed by atoms with Gasteiger partial charge < -0.3 is 14.8 Å². The zero-order chi connectivity index (χ0) is 21.5. The Morgan fingerprint density at radius 2 is 2.06 bits per heavy atom. The monoisotopic (exact) mass is 420 g/mol. The van der Waals surface area contributed by atoms with Crippen LogP contribution in [0.2, 0.25) is 0 Å². The lowest BCUT2D eigenvalue weighted by Crippen LogP contribution is -2.38. The summed E-state index contributed by atoms with van der Waals surface area (Å²) in [5.41, 5.74) is 3.92. The van der Waals surface area contributed by atoms with Crippen LogP contribution in [0.15, 0.2) is 48.9 Å². The van der Waals surface area contributed by atoms with Gasteiger partial charge in [-0.15, -0.1) is 0 Å². The van der Waals surface area contributed by atoms with Gasteiger partial charge in [0.05, 0.1) is 18.9 Å². The Morgan fingerprint density at radius 1 is 1.19 bits per heavy atom. The number of hydrogen-bond acceptors (Lipinski definition) is 8. The van der Waals surface area contributed by atoms with E-state index in [0.717, 1.165) is 60.3 Å². The van der Waals surface area contributed by atoms with Gasteiger partial charge in [-0.3, -0.25) is 9.88 Å². The summed E-state index contributed by atoms with van der Waals surface area (Å²) in [6, 6.07) is 9.86. The molecule has 0 saturated carbocycles. The molecule has 0 aliphatic carbocycles. The number of nitrogens with zero attached hydrogens (tertiary/aromatic N) is 5. The number of hydrogen-bond donors (Lipinski definition) is 1. The Kier molecular flexibility index (Phi) is 7.14. The van der Waals surface area contributed by atoms with Crippen LogP contribution in [0.25, 0.3) is 0 Å². The van der Waals surface area contributed by atoms with Gasteiger partial charge in [-0.1, -0.05) is 6.07 Å². The summed E-state index contributed by atoms with van der Waals surface area (Å²) >= 11 is 0. The summed E-state index contributed by atoms with van der Waals surface area (Å²) in [7, 11) is 1.68. The van der Waals surface area contributed by atoms with E-state index < -0.39 is 0 Å². The molecular weight excluding hydrogens is 392 g/mol. The molecule has 1 atom stereocenters. The van der Waals surface area contributed by atoms with E-state index in [1.165, 1.54) is 0 Å². The lowest BCUT2D eigenvalue weighted by Gasteiger charge is -2.32. The van der Waals surface area contributed by atoms with E-state index >= 15 is 0 Å². The zero-order valence-corrected chi connectivity index (χ0v) is 18.0. The Hall–Kier alpha value is -2.94. The Bertz CT molecular complexity index is 968. The molecule has 0 spiro atoms. The fourth-order valence-electron chi connectivity index (χ4n) is 3.58. The molecule has 1 aliphatic rings. The smallest absolute Gasteiger partial charge is 0.130 e. The quantitative estimate of drug-likeness (QED) is 0.595. The fraction of sp³-hybridized carbons (Fsp3) is 0.391. The third kappa shape index (κ3) is 6.04. The molecule has 0 amide bonds. The maximum Gasteiger partial charge on any atom is 0.130 e. The maximum atomic E-state index is 6.06. The number of nitrogens with one attached hydrogen (secondary N) is 1. The third-order valence-corrected chi connectivity index (χ3v) is 5.09. The van der Waals surface area contributed by atoms with Crippen molar-refractivity contribution < 1.29 is 9.47 Å². The maximum absolute atomic E-state index is 6.06. The van der Waals surface area contributed by atoms with Crippen LogP contribution >= 0.6 is 0 Å². The zero-order valence-electron chi connectivity index (χ0n) is 18.0. The van der Waals surface area contributed by atoms with Crippen LogP contribution in [0.5, 0.6) is 0 Å². The highest BCUT2D eigenvalue weighted by atomic mass is 16.5. The number of morpholine rings is 1. The average Bonchev–Trinajstić information content (AvgIpc) is 2.79. The molecule has 1 saturated heterocycles. The molecule has 162 valence electrons. The summed E-state index contributed by atoms with van der Waals surface area (Å²) < 4.78 is 11.1. The van der Waals surface area contributed by atoms with Crippen LogP contribution in [0.1, 0.15) is 28.9 Å². The fourth-order valence-corrected chi connectivity index (χ4v) is 3.58. The van der Waals surface area contributed by atoms with E-state index in [4.69, 9.17) is 14.5 Å². The molecule has 3 aromatic rings. The summed E-state index contributed by atoms with van der Waals surface area (Å²) in [4.78, 5) is 20.3. The number of pyridine rings is 2. The van der Waals surface area contributed by atoms with E-state index in [-0.39, 0.29) is 6.10 Å². The molecule has 0 unspecified atom stereocenters. The van der Waals surface area contributed by atoms with Gasteiger partial charge in [0, 0.05) is 68.7 Å². The van der Waals surface area contributed by atoms with Gasteiger partial charge in [-0.05, 0) is 31.2 Å². The van der Waals surface area contributed by atoms with Gasteiger partial charge in [0.15, 0.2) is 0 Å². The highest BCUT2D eigenvalue weighted by Gasteiger charge is 2.24. The highest BCUT2D eigenvalue weighted by molar-refractivity contribution is 5.56. The number of aryl methyl sites for hydroxylation is 1. The van der Waals surface area contributed by atoms with E-state index in [9.17, 15) is 0 Å². The van der Waals surface area contributed by atoms with Gasteiger partial charge in [0.2, 0.25) is 0 Å². The molecule has 0 radical (unpaired) electrons. The van der Waals surface area contributed by atoms with Gasteiger partial charge in [0.25, 0.3) is 0 Å². The van der Waals surface area contributed by atoms with Crippen LogP contribution in [0.4, 0.5) is 11.5 Å². The number of ether oxygens (including phenoxy) is 2. The summed E-state index contributed by atoms with van der Waals surface area (Å²) in [5, 5.41) is 3.35. The Balaban J connectivity index is 1.41. The predicted octanol–water partition coefficient (Wildman–Crippen LogP) is 3.08. The first-order chi connectivity index (χ1) is 15.2. The summed E-state index contributed by atoms with van der Waals surface area (Å²) in [6.07, 6.45) is 6.22. The van der Waals surface area contributed by atoms with Crippen molar-refractivity contribution in [2.45, 2.75) is 26.0 Å². The van der Waals surface area contributed by atoms with E-state index in [2.05, 4.69) is 25.2 Å². The first-order valence-corrected chi connectivity index (χ1v) is 10.5. The minimum atomic E-state index is -0.0835. The SMILES string of the molecule is COCCc1ncc(CN2CCO[C@H](c3cc(Nc4ccccn4)cc(C)n3)C2)cn1. The molecular formula is C23H28N6O2. The predicted molar refractivity (Wildman–Crippen MR) is 118 cm³/mol. The van der Waals surface area contributed by atoms with Crippen molar-refractivity contribution in [1.82, 2.24) is 24.8 Å². The summed E-state index contributed by atoms with van der Waals surface area (Å²) in [5.74, 6) is 1.61. The van der Waals surface area contributed by atoms with Crippen LogP contribution < -0.4 is 5.32 Å². The number of rotatable bonds is 8. The van der Waals surface area contributed by atoms with E-state index in [1.54, 1.807) is 13.3 Å². The first-order valence-electron chi connectivity index (χ1n) is 10.5. The lowest BCUT2D eigenvalue weighted by molar-refractivity contribution is -0.0350. The molecule has 1 N–H and O–H groups in total. The van der Waals surface area contributed by atoms with Crippen molar-refractivity contribution >= 4 is 11.5 Å². The number of methoxy groups -OCH3 is 1. The molecule has 8 nitrogen and oxygen atoms in total. The molecule has 31 heavy (non-hydrogen) atoms. The molecule has 1 aliphatic heterocycles. The highest BCUT2D eigenvalue weighted by Crippen LogP contribution is 2.25. The van der Waals surface area contributed by atoms with Crippen molar-refractivity contribution in [2.75, 3.05) is 38.7 Å². The van der Waals surface area contributed by atoms with Gasteiger partial charge in [-0.25, -0.2) is 15.0 Å². The first kappa shape index (κ1) is 21.3. The van der Waals surface area contributed by atoms with E-state index in [0.29, 0.717) is 13.2 Å². The topological polar surface area (TPSA) is 85.3 Å². The van der Waals surface area contributed by atoms with Gasteiger partial charge >= 0.3 is 0 Å². The van der Waals surface area contributed by atoms with Gasteiger partial charge in [0.1, 0.15) is 17.7 Å². The van der Waals surface area contributed by atoms with E-state index in [1.807, 2.05) is 49.6 Å². The van der Waals surface area contributed by atoms with Crippen LogP contribution in [0.3, 0.4) is 0 Å². The average molecular weight is 421 g/mol. The second-order valence-corrected chi connectivity index (χ2v) is 7.61. The standard InChI is InChI=1S/C23H28N6O2/c1-17-11-19(28-23-5-3-4-7-24-23)12-20(27-17)21-16-29(8-10-31-21)15-18-13-25-22(26-14-18)6-9-30-2/h3-5,7,11-14,21H,6,8-10,15-16H2,1-2H3,(H,24,27,28)/t21-/m0/s1. The normalized spacial score (nSPS) is 16.9. The second-order valence-electron chi connectivity index (χ2n) is 7.61. The molecule has 0 aromatic carbocycles. The van der Waals surface area contributed by atoms with Crippen molar-refractivity contribution in [3.8, 4) is 0 Å². The molecule has 3 aromatic heterocycles.